The quantitative estimate of drug-likeness (QED) is 0.879. The van der Waals surface area contributed by atoms with E-state index in [1.807, 2.05) is 38.1 Å². The molecular weight excluding hydrogens is 298 g/mol. The third-order valence-corrected chi connectivity index (χ3v) is 6.07. The molecule has 0 bridgehead atoms. The SMILES string of the molecule is CC1(C)CN(C(=O)c2ccc3ccccc3c2O)CC[S@]1=O. The lowest BCUT2D eigenvalue weighted by Gasteiger charge is -2.37. The predicted molar refractivity (Wildman–Crippen MR) is 88.6 cm³/mol. The van der Waals surface area contributed by atoms with Crippen LogP contribution >= 0.6 is 0 Å². The van der Waals surface area contributed by atoms with Crippen molar-refractivity contribution in [3.63, 3.8) is 0 Å². The second-order valence-corrected chi connectivity index (χ2v) is 8.42. The molecule has 1 amide bonds. The molecule has 0 unspecified atom stereocenters. The van der Waals surface area contributed by atoms with Crippen LogP contribution < -0.4 is 0 Å². The third-order valence-electron chi connectivity index (χ3n) is 4.15. The number of amides is 1. The number of hydrogen-bond acceptors (Lipinski definition) is 3. The Hall–Kier alpha value is -1.88. The summed E-state index contributed by atoms with van der Waals surface area (Å²) in [4.78, 5) is 14.4. The Morgan fingerprint density at radius 1 is 1.23 bits per heavy atom. The molecule has 1 heterocycles. The Morgan fingerprint density at radius 3 is 2.68 bits per heavy atom. The molecule has 1 fully saturated rings. The summed E-state index contributed by atoms with van der Waals surface area (Å²) < 4.78 is 11.6. The molecule has 0 saturated carbocycles. The van der Waals surface area contributed by atoms with E-state index < -0.39 is 15.5 Å². The van der Waals surface area contributed by atoms with Gasteiger partial charge in [0.05, 0.1) is 10.3 Å². The maximum absolute atomic E-state index is 12.7. The van der Waals surface area contributed by atoms with E-state index in [4.69, 9.17) is 0 Å². The third kappa shape index (κ3) is 2.50. The largest absolute Gasteiger partial charge is 0.506 e. The maximum Gasteiger partial charge on any atom is 0.257 e. The summed E-state index contributed by atoms with van der Waals surface area (Å²) in [6.45, 7) is 4.71. The summed E-state index contributed by atoms with van der Waals surface area (Å²) in [7, 11) is -0.928. The lowest BCUT2D eigenvalue weighted by Crippen LogP contribution is -2.52. The van der Waals surface area contributed by atoms with E-state index in [2.05, 4.69) is 0 Å². The summed E-state index contributed by atoms with van der Waals surface area (Å²) in [5.74, 6) is 0.299. The van der Waals surface area contributed by atoms with Gasteiger partial charge >= 0.3 is 0 Å². The van der Waals surface area contributed by atoms with Crippen molar-refractivity contribution in [3.8, 4) is 5.75 Å². The number of hydrogen-bond donors (Lipinski definition) is 1. The average Bonchev–Trinajstić information content (AvgIpc) is 2.50. The van der Waals surface area contributed by atoms with Crippen molar-refractivity contribution in [3.05, 3.63) is 42.0 Å². The molecule has 1 aliphatic rings. The van der Waals surface area contributed by atoms with Gasteiger partial charge in [-0.15, -0.1) is 0 Å². The standard InChI is InChI=1S/C17H19NO3S/c1-17(2)11-18(9-10-22(17)21)16(20)14-8-7-12-5-3-4-6-13(12)15(14)19/h3-8,19H,9-11H2,1-2H3/t22-/m1/s1. The Labute approximate surface area is 132 Å². The molecule has 1 saturated heterocycles. The van der Waals surface area contributed by atoms with Crippen LogP contribution in [-0.4, -0.2) is 43.7 Å². The van der Waals surface area contributed by atoms with Gasteiger partial charge in [-0.05, 0) is 25.3 Å². The van der Waals surface area contributed by atoms with E-state index in [1.54, 1.807) is 17.0 Å². The summed E-state index contributed by atoms with van der Waals surface area (Å²) in [5.41, 5.74) is 0.308. The predicted octanol–water partition coefficient (Wildman–Crippen LogP) is 2.53. The summed E-state index contributed by atoms with van der Waals surface area (Å²) >= 11 is 0. The number of phenols is 1. The molecule has 2 aromatic carbocycles. The molecule has 0 spiro atoms. The van der Waals surface area contributed by atoms with E-state index in [1.165, 1.54) is 0 Å². The number of nitrogens with zero attached hydrogens (tertiary/aromatic N) is 1. The zero-order valence-electron chi connectivity index (χ0n) is 12.7. The molecule has 4 nitrogen and oxygen atoms in total. The normalized spacial score (nSPS) is 21.0. The van der Waals surface area contributed by atoms with Crippen molar-refractivity contribution in [1.29, 1.82) is 0 Å². The van der Waals surface area contributed by atoms with E-state index in [0.717, 1.165) is 5.39 Å². The molecule has 1 aliphatic heterocycles. The van der Waals surface area contributed by atoms with Crippen LogP contribution in [0.25, 0.3) is 10.8 Å². The molecule has 0 aromatic heterocycles. The van der Waals surface area contributed by atoms with Crippen LogP contribution in [0.15, 0.2) is 36.4 Å². The number of phenolic OH excluding ortho intramolecular Hbond substituents is 1. The molecule has 1 N–H and O–H groups in total. The molecule has 5 heteroatoms. The lowest BCUT2D eigenvalue weighted by molar-refractivity contribution is 0.0743. The van der Waals surface area contributed by atoms with Gasteiger partial charge in [0.15, 0.2) is 0 Å². The molecule has 0 aliphatic carbocycles. The zero-order chi connectivity index (χ0) is 15.9. The fraction of sp³-hybridized carbons (Fsp3) is 0.353. The average molecular weight is 317 g/mol. The second kappa shape index (κ2) is 5.39. The van der Waals surface area contributed by atoms with E-state index >= 15 is 0 Å². The minimum absolute atomic E-state index is 0.0209. The number of aromatic hydroxyl groups is 1. The molecule has 3 rings (SSSR count). The van der Waals surface area contributed by atoms with Crippen molar-refractivity contribution >= 4 is 27.5 Å². The Balaban J connectivity index is 1.96. The lowest BCUT2D eigenvalue weighted by atomic mass is 10.0. The minimum Gasteiger partial charge on any atom is -0.506 e. The maximum atomic E-state index is 12.7. The van der Waals surface area contributed by atoms with Crippen molar-refractivity contribution in [1.82, 2.24) is 4.90 Å². The van der Waals surface area contributed by atoms with Gasteiger partial charge in [-0.1, -0.05) is 30.3 Å². The highest BCUT2D eigenvalue weighted by Gasteiger charge is 2.36. The van der Waals surface area contributed by atoms with Crippen LogP contribution in [-0.2, 0) is 10.8 Å². The van der Waals surface area contributed by atoms with Crippen LogP contribution in [0.5, 0.6) is 5.75 Å². The molecular formula is C17H19NO3S. The van der Waals surface area contributed by atoms with Gasteiger partial charge in [-0.25, -0.2) is 0 Å². The highest BCUT2D eigenvalue weighted by atomic mass is 32.2. The van der Waals surface area contributed by atoms with Gasteiger partial charge < -0.3 is 10.0 Å². The number of carbonyl (C=O) groups is 1. The van der Waals surface area contributed by atoms with Gasteiger partial charge in [0, 0.05) is 35.0 Å². The van der Waals surface area contributed by atoms with Crippen LogP contribution in [0.2, 0.25) is 0 Å². The highest BCUT2D eigenvalue weighted by Crippen LogP contribution is 2.30. The Kier molecular flexibility index (Phi) is 3.68. The fourth-order valence-corrected chi connectivity index (χ4v) is 4.09. The van der Waals surface area contributed by atoms with Crippen LogP contribution in [0.1, 0.15) is 24.2 Å². The highest BCUT2D eigenvalue weighted by molar-refractivity contribution is 7.86. The summed E-state index contributed by atoms with van der Waals surface area (Å²) in [5, 5.41) is 12.0. The van der Waals surface area contributed by atoms with Gasteiger partial charge in [0.2, 0.25) is 0 Å². The molecule has 0 radical (unpaired) electrons. The van der Waals surface area contributed by atoms with Crippen molar-refractivity contribution in [2.45, 2.75) is 18.6 Å². The van der Waals surface area contributed by atoms with E-state index in [9.17, 15) is 14.1 Å². The molecule has 116 valence electrons. The van der Waals surface area contributed by atoms with Gasteiger partial charge in [0.1, 0.15) is 5.75 Å². The Morgan fingerprint density at radius 2 is 1.95 bits per heavy atom. The first-order valence-electron chi connectivity index (χ1n) is 7.28. The first-order valence-corrected chi connectivity index (χ1v) is 8.60. The van der Waals surface area contributed by atoms with Crippen molar-refractivity contribution in [2.24, 2.45) is 0 Å². The molecule has 22 heavy (non-hydrogen) atoms. The summed E-state index contributed by atoms with van der Waals surface area (Å²) in [6.07, 6.45) is 0. The zero-order valence-corrected chi connectivity index (χ0v) is 13.5. The van der Waals surface area contributed by atoms with Crippen LogP contribution in [0.4, 0.5) is 0 Å². The van der Waals surface area contributed by atoms with Crippen LogP contribution in [0, 0.1) is 0 Å². The smallest absolute Gasteiger partial charge is 0.257 e. The topological polar surface area (TPSA) is 57.6 Å². The van der Waals surface area contributed by atoms with Crippen LogP contribution in [0.3, 0.4) is 0 Å². The Bertz CT molecular complexity index is 770. The minimum atomic E-state index is -0.928. The molecule has 1 atom stereocenters. The first kappa shape index (κ1) is 15.0. The van der Waals surface area contributed by atoms with Crippen molar-refractivity contribution in [2.75, 3.05) is 18.8 Å². The number of fused-ring (bicyclic) bond motifs is 1. The number of benzene rings is 2. The van der Waals surface area contributed by atoms with Gasteiger partial charge in [-0.2, -0.15) is 0 Å². The number of carbonyl (C=O) groups excluding carboxylic acids is 1. The van der Waals surface area contributed by atoms with Gasteiger partial charge in [0.25, 0.3) is 5.91 Å². The second-order valence-electron chi connectivity index (χ2n) is 6.22. The summed E-state index contributed by atoms with van der Waals surface area (Å²) in [6, 6.07) is 10.9. The van der Waals surface area contributed by atoms with E-state index in [-0.39, 0.29) is 11.7 Å². The first-order chi connectivity index (χ1) is 10.4. The van der Waals surface area contributed by atoms with Gasteiger partial charge in [-0.3, -0.25) is 9.00 Å². The van der Waals surface area contributed by atoms with E-state index in [0.29, 0.717) is 29.8 Å². The van der Waals surface area contributed by atoms with Crippen molar-refractivity contribution < 1.29 is 14.1 Å². The fourth-order valence-electron chi connectivity index (χ4n) is 2.85. The monoisotopic (exact) mass is 317 g/mol. The number of rotatable bonds is 1. The molecule has 2 aromatic rings.